The fourth-order valence-electron chi connectivity index (χ4n) is 4.23. The SMILES string of the molecule is CC(C)C(C(=O)OCc1cccc(Oc2ccccc2)c1)C1NCCc2ccccc21. The lowest BCUT2D eigenvalue weighted by Gasteiger charge is -2.34. The van der Waals surface area contributed by atoms with Gasteiger partial charge in [0.25, 0.3) is 0 Å². The number of benzene rings is 3. The molecule has 0 spiro atoms. The zero-order valence-electron chi connectivity index (χ0n) is 18.1. The summed E-state index contributed by atoms with van der Waals surface area (Å²) in [6.45, 7) is 5.26. The van der Waals surface area contributed by atoms with Crippen molar-refractivity contribution in [2.24, 2.45) is 11.8 Å². The van der Waals surface area contributed by atoms with Crippen LogP contribution in [-0.4, -0.2) is 12.5 Å². The third-order valence-electron chi connectivity index (χ3n) is 5.76. The number of fused-ring (bicyclic) bond motifs is 1. The minimum Gasteiger partial charge on any atom is -0.461 e. The highest BCUT2D eigenvalue weighted by molar-refractivity contribution is 5.74. The number of carbonyl (C=O) groups excluding carboxylic acids is 1. The first-order chi connectivity index (χ1) is 15.1. The molecular weight excluding hydrogens is 386 g/mol. The van der Waals surface area contributed by atoms with Gasteiger partial charge in [-0.2, -0.15) is 0 Å². The van der Waals surface area contributed by atoms with E-state index in [9.17, 15) is 4.79 Å². The van der Waals surface area contributed by atoms with Gasteiger partial charge in [-0.25, -0.2) is 0 Å². The summed E-state index contributed by atoms with van der Waals surface area (Å²) < 4.78 is 11.7. The van der Waals surface area contributed by atoms with Gasteiger partial charge in [0.1, 0.15) is 18.1 Å². The van der Waals surface area contributed by atoms with Gasteiger partial charge in [0.05, 0.1) is 5.92 Å². The van der Waals surface area contributed by atoms with Crippen LogP contribution in [0.5, 0.6) is 11.5 Å². The van der Waals surface area contributed by atoms with Gasteiger partial charge in [-0.15, -0.1) is 0 Å². The summed E-state index contributed by atoms with van der Waals surface area (Å²) >= 11 is 0. The van der Waals surface area contributed by atoms with Gasteiger partial charge in [-0.3, -0.25) is 4.79 Å². The quantitative estimate of drug-likeness (QED) is 0.504. The molecule has 0 radical (unpaired) electrons. The van der Waals surface area contributed by atoms with Crippen LogP contribution in [0.4, 0.5) is 0 Å². The summed E-state index contributed by atoms with van der Waals surface area (Å²) in [5.41, 5.74) is 3.43. The van der Waals surface area contributed by atoms with Gasteiger partial charge in [-0.1, -0.05) is 68.4 Å². The third kappa shape index (κ3) is 5.15. The molecule has 3 aromatic carbocycles. The highest BCUT2D eigenvalue weighted by Crippen LogP contribution is 2.34. The smallest absolute Gasteiger partial charge is 0.311 e. The summed E-state index contributed by atoms with van der Waals surface area (Å²) in [5, 5.41) is 3.55. The Hall–Kier alpha value is -3.11. The summed E-state index contributed by atoms with van der Waals surface area (Å²) in [6.07, 6.45) is 0.987. The van der Waals surface area contributed by atoms with E-state index in [-0.39, 0.29) is 30.5 Å². The number of nitrogens with one attached hydrogen (secondary N) is 1. The average molecular weight is 416 g/mol. The van der Waals surface area contributed by atoms with Crippen molar-refractivity contribution in [1.29, 1.82) is 0 Å². The van der Waals surface area contributed by atoms with Crippen molar-refractivity contribution in [2.45, 2.75) is 32.9 Å². The molecule has 0 aliphatic carbocycles. The Kier molecular flexibility index (Phi) is 6.68. The van der Waals surface area contributed by atoms with Gasteiger partial charge in [-0.05, 0) is 59.8 Å². The largest absolute Gasteiger partial charge is 0.461 e. The van der Waals surface area contributed by atoms with Crippen molar-refractivity contribution in [3.8, 4) is 11.5 Å². The van der Waals surface area contributed by atoms with E-state index in [1.165, 1.54) is 11.1 Å². The maximum atomic E-state index is 13.1. The molecule has 0 saturated heterocycles. The van der Waals surface area contributed by atoms with Crippen LogP contribution in [0.3, 0.4) is 0 Å². The van der Waals surface area contributed by atoms with E-state index in [2.05, 4.69) is 37.4 Å². The molecule has 3 aromatic rings. The molecule has 0 fully saturated rings. The number of hydrogen-bond donors (Lipinski definition) is 1. The number of rotatable bonds is 7. The van der Waals surface area contributed by atoms with Crippen LogP contribution >= 0.6 is 0 Å². The predicted octanol–water partition coefficient (Wildman–Crippen LogP) is 5.68. The molecular formula is C27H29NO3. The highest BCUT2D eigenvalue weighted by Gasteiger charge is 2.35. The van der Waals surface area contributed by atoms with E-state index in [1.807, 2.05) is 60.7 Å². The van der Waals surface area contributed by atoms with Gasteiger partial charge >= 0.3 is 5.97 Å². The van der Waals surface area contributed by atoms with Gasteiger partial charge in [0, 0.05) is 6.04 Å². The van der Waals surface area contributed by atoms with Crippen molar-refractivity contribution in [3.05, 3.63) is 95.6 Å². The van der Waals surface area contributed by atoms with Crippen LogP contribution < -0.4 is 10.1 Å². The topological polar surface area (TPSA) is 47.6 Å². The van der Waals surface area contributed by atoms with Crippen LogP contribution in [-0.2, 0) is 22.6 Å². The monoisotopic (exact) mass is 415 g/mol. The Morgan fingerprint density at radius 3 is 2.52 bits per heavy atom. The van der Waals surface area contributed by atoms with Crippen molar-refractivity contribution >= 4 is 5.97 Å². The zero-order chi connectivity index (χ0) is 21.6. The third-order valence-corrected chi connectivity index (χ3v) is 5.76. The van der Waals surface area contributed by atoms with E-state index in [1.54, 1.807) is 0 Å². The van der Waals surface area contributed by atoms with Crippen LogP contribution in [0.2, 0.25) is 0 Å². The summed E-state index contributed by atoms with van der Waals surface area (Å²) in [5.74, 6) is 1.24. The number of ether oxygens (including phenoxy) is 2. The van der Waals surface area contributed by atoms with Crippen molar-refractivity contribution in [1.82, 2.24) is 5.32 Å². The molecule has 4 nitrogen and oxygen atoms in total. The molecule has 160 valence electrons. The lowest BCUT2D eigenvalue weighted by Crippen LogP contribution is -2.40. The van der Waals surface area contributed by atoms with E-state index in [0.717, 1.165) is 30.0 Å². The first-order valence-corrected chi connectivity index (χ1v) is 10.9. The van der Waals surface area contributed by atoms with E-state index < -0.39 is 0 Å². The Balaban J connectivity index is 1.44. The molecule has 1 aliphatic heterocycles. The number of esters is 1. The second kappa shape index (κ2) is 9.80. The summed E-state index contributed by atoms with van der Waals surface area (Å²) in [4.78, 5) is 13.1. The molecule has 1 heterocycles. The van der Waals surface area contributed by atoms with E-state index in [0.29, 0.717) is 0 Å². The molecule has 0 amide bonds. The Labute approximate surface area is 184 Å². The predicted molar refractivity (Wildman–Crippen MR) is 122 cm³/mol. The highest BCUT2D eigenvalue weighted by atomic mass is 16.5. The first kappa shape index (κ1) is 21.1. The summed E-state index contributed by atoms with van der Waals surface area (Å²) in [7, 11) is 0. The zero-order valence-corrected chi connectivity index (χ0v) is 18.1. The van der Waals surface area contributed by atoms with Crippen molar-refractivity contribution in [3.63, 3.8) is 0 Å². The van der Waals surface area contributed by atoms with Gasteiger partial charge < -0.3 is 14.8 Å². The molecule has 0 aromatic heterocycles. The van der Waals surface area contributed by atoms with Crippen LogP contribution in [0, 0.1) is 11.8 Å². The molecule has 4 rings (SSSR count). The number of hydrogen-bond acceptors (Lipinski definition) is 4. The fraction of sp³-hybridized carbons (Fsp3) is 0.296. The molecule has 0 saturated carbocycles. The number of carbonyl (C=O) groups is 1. The Morgan fingerprint density at radius 1 is 0.968 bits per heavy atom. The molecule has 2 atom stereocenters. The first-order valence-electron chi connectivity index (χ1n) is 10.9. The number of para-hydroxylation sites is 1. The van der Waals surface area contributed by atoms with Gasteiger partial charge in [0.2, 0.25) is 0 Å². The minimum absolute atomic E-state index is 0.0230. The fourth-order valence-corrected chi connectivity index (χ4v) is 4.23. The minimum atomic E-state index is -0.245. The molecule has 1 N–H and O–H groups in total. The van der Waals surface area contributed by atoms with Gasteiger partial charge in [0.15, 0.2) is 0 Å². The second-order valence-corrected chi connectivity index (χ2v) is 8.32. The molecule has 0 bridgehead atoms. The standard InChI is InChI=1S/C27H29NO3/c1-19(2)25(26-24-14-7-6-10-21(24)15-16-28-26)27(29)30-18-20-9-8-13-23(17-20)31-22-11-4-3-5-12-22/h3-14,17,19,25-26,28H,15-16,18H2,1-2H3. The lowest BCUT2D eigenvalue weighted by molar-refractivity contribution is -0.153. The Morgan fingerprint density at radius 2 is 1.71 bits per heavy atom. The normalized spacial score (nSPS) is 16.4. The lowest BCUT2D eigenvalue weighted by atomic mass is 9.80. The molecule has 31 heavy (non-hydrogen) atoms. The van der Waals surface area contributed by atoms with E-state index in [4.69, 9.17) is 9.47 Å². The summed E-state index contributed by atoms with van der Waals surface area (Å²) in [6, 6.07) is 25.7. The molecule has 4 heteroatoms. The van der Waals surface area contributed by atoms with E-state index >= 15 is 0 Å². The van der Waals surface area contributed by atoms with Crippen molar-refractivity contribution in [2.75, 3.05) is 6.54 Å². The maximum absolute atomic E-state index is 13.1. The van der Waals surface area contributed by atoms with Crippen LogP contribution in [0.25, 0.3) is 0 Å². The van der Waals surface area contributed by atoms with Crippen LogP contribution in [0.15, 0.2) is 78.9 Å². The van der Waals surface area contributed by atoms with Crippen LogP contribution in [0.1, 0.15) is 36.6 Å². The average Bonchev–Trinajstić information content (AvgIpc) is 2.79. The molecule has 1 aliphatic rings. The Bertz CT molecular complexity index is 1020. The molecule has 2 unspecified atom stereocenters. The van der Waals surface area contributed by atoms with Crippen molar-refractivity contribution < 1.29 is 14.3 Å². The maximum Gasteiger partial charge on any atom is 0.311 e. The second-order valence-electron chi connectivity index (χ2n) is 8.32.